The van der Waals surface area contributed by atoms with Gasteiger partial charge in [-0.3, -0.25) is 9.20 Å². The van der Waals surface area contributed by atoms with Crippen LogP contribution in [-0.4, -0.2) is 51.7 Å². The number of nitrogens with zero attached hydrogens (tertiary/aromatic N) is 4. The molecule has 2 aromatic heterocycles. The molecule has 4 heterocycles. The largest absolute Gasteiger partial charge is 0.486 e. The molecule has 1 amide bonds. The molecule has 0 aliphatic carbocycles. The summed E-state index contributed by atoms with van der Waals surface area (Å²) < 4.78 is 51.9. The van der Waals surface area contributed by atoms with Crippen LogP contribution in [0.15, 0.2) is 30.5 Å². The van der Waals surface area contributed by atoms with Crippen LogP contribution < -0.4 is 9.47 Å². The van der Waals surface area contributed by atoms with Gasteiger partial charge in [-0.2, -0.15) is 13.2 Å². The number of halogens is 4. The molecule has 0 spiro atoms. The van der Waals surface area contributed by atoms with Crippen molar-refractivity contribution in [2.75, 3.05) is 26.3 Å². The zero-order valence-electron chi connectivity index (χ0n) is 16.7. The Balaban J connectivity index is 1.41. The van der Waals surface area contributed by atoms with E-state index in [1.165, 1.54) is 10.5 Å². The van der Waals surface area contributed by atoms with Gasteiger partial charge in [0.1, 0.15) is 19.0 Å². The van der Waals surface area contributed by atoms with E-state index in [4.69, 9.17) is 21.1 Å². The number of likely N-dealkylation sites (tertiary alicyclic amines) is 1. The molecule has 0 saturated carbocycles. The van der Waals surface area contributed by atoms with Gasteiger partial charge in [-0.1, -0.05) is 11.6 Å². The Hall–Kier alpha value is -3.01. The number of amides is 1. The number of carbonyl (C=O) groups is 1. The Kier molecular flexibility index (Phi) is 5.11. The molecule has 32 heavy (non-hydrogen) atoms. The summed E-state index contributed by atoms with van der Waals surface area (Å²) in [6.45, 7) is 1.58. The van der Waals surface area contributed by atoms with Crippen molar-refractivity contribution in [2.24, 2.45) is 0 Å². The minimum atomic E-state index is -4.47. The van der Waals surface area contributed by atoms with Crippen LogP contribution in [0.1, 0.15) is 40.5 Å². The van der Waals surface area contributed by atoms with Gasteiger partial charge in [0.15, 0.2) is 17.1 Å². The molecule has 1 atom stereocenters. The highest BCUT2D eigenvalue weighted by molar-refractivity contribution is 6.32. The molecule has 2 aliphatic heterocycles. The molecule has 1 aromatic carbocycles. The summed E-state index contributed by atoms with van der Waals surface area (Å²) in [6.07, 6.45) is -2.10. The molecule has 1 unspecified atom stereocenters. The lowest BCUT2D eigenvalue weighted by Gasteiger charge is -2.32. The first-order chi connectivity index (χ1) is 15.3. The fourth-order valence-corrected chi connectivity index (χ4v) is 4.41. The number of carbonyl (C=O) groups excluding carboxylic acids is 1. The maximum absolute atomic E-state index is 13.2. The lowest BCUT2D eigenvalue weighted by atomic mass is 9.96. The van der Waals surface area contributed by atoms with Crippen molar-refractivity contribution in [1.29, 1.82) is 0 Å². The lowest BCUT2D eigenvalue weighted by molar-refractivity contribution is -0.137. The molecule has 168 valence electrons. The normalized spacial score (nSPS) is 18.8. The Labute approximate surface area is 185 Å². The van der Waals surface area contributed by atoms with E-state index in [-0.39, 0.29) is 11.8 Å². The molecular weight excluding hydrogens is 449 g/mol. The third-order valence-electron chi connectivity index (χ3n) is 5.67. The number of piperidine rings is 1. The molecule has 0 N–H and O–H groups in total. The molecule has 7 nitrogen and oxygen atoms in total. The van der Waals surface area contributed by atoms with Gasteiger partial charge in [-0.15, -0.1) is 10.2 Å². The number of alkyl halides is 3. The summed E-state index contributed by atoms with van der Waals surface area (Å²) in [7, 11) is 0. The van der Waals surface area contributed by atoms with Crippen LogP contribution in [0.25, 0.3) is 5.65 Å². The average molecular weight is 467 g/mol. The summed E-state index contributed by atoms with van der Waals surface area (Å²) in [4.78, 5) is 14.8. The topological polar surface area (TPSA) is 69.0 Å². The standard InChI is InChI=1S/C21H18ClF3N4O3/c22-15-8-13(9-16-18(15)32-7-6-31-16)20(30)28-5-1-2-12(10-28)19-27-26-17-4-3-14(11-29(17)19)21(23,24)25/h3-4,8-9,11-12H,1-2,5-7,10H2. The van der Waals surface area contributed by atoms with Crippen molar-refractivity contribution in [3.63, 3.8) is 0 Å². The maximum atomic E-state index is 13.2. The van der Waals surface area contributed by atoms with Gasteiger partial charge in [-0.25, -0.2) is 0 Å². The van der Waals surface area contributed by atoms with Gasteiger partial charge in [-0.05, 0) is 37.1 Å². The third-order valence-corrected chi connectivity index (χ3v) is 5.95. The van der Waals surface area contributed by atoms with Crippen molar-refractivity contribution in [3.05, 3.63) is 52.4 Å². The van der Waals surface area contributed by atoms with Crippen molar-refractivity contribution in [3.8, 4) is 11.5 Å². The number of fused-ring (bicyclic) bond motifs is 2. The molecule has 2 aliphatic rings. The predicted molar refractivity (Wildman–Crippen MR) is 108 cm³/mol. The quantitative estimate of drug-likeness (QED) is 0.566. The Morgan fingerprint density at radius 2 is 1.97 bits per heavy atom. The minimum Gasteiger partial charge on any atom is -0.486 e. The van der Waals surface area contributed by atoms with Crippen LogP contribution in [0.2, 0.25) is 5.02 Å². The number of benzene rings is 1. The van der Waals surface area contributed by atoms with E-state index >= 15 is 0 Å². The zero-order chi connectivity index (χ0) is 22.5. The summed E-state index contributed by atoms with van der Waals surface area (Å²) in [5.74, 6) is 0.756. The van der Waals surface area contributed by atoms with Crippen LogP contribution in [0.4, 0.5) is 13.2 Å². The first-order valence-corrected chi connectivity index (χ1v) is 10.5. The third kappa shape index (κ3) is 3.72. The SMILES string of the molecule is O=C(c1cc(Cl)c2c(c1)OCCO2)N1CCCC(c2nnc3ccc(C(F)(F)F)cn23)C1. The van der Waals surface area contributed by atoms with E-state index in [0.29, 0.717) is 72.7 Å². The van der Waals surface area contributed by atoms with Crippen molar-refractivity contribution >= 4 is 23.2 Å². The summed E-state index contributed by atoms with van der Waals surface area (Å²) in [6, 6.07) is 5.43. The van der Waals surface area contributed by atoms with Crippen molar-refractivity contribution in [1.82, 2.24) is 19.5 Å². The minimum absolute atomic E-state index is 0.238. The van der Waals surface area contributed by atoms with Gasteiger partial charge >= 0.3 is 6.18 Å². The second-order valence-electron chi connectivity index (χ2n) is 7.77. The van der Waals surface area contributed by atoms with Crippen LogP contribution in [0, 0.1) is 0 Å². The monoisotopic (exact) mass is 466 g/mol. The van der Waals surface area contributed by atoms with Crippen LogP contribution in [0.5, 0.6) is 11.5 Å². The van der Waals surface area contributed by atoms with E-state index < -0.39 is 11.7 Å². The second kappa shape index (κ2) is 7.84. The number of aromatic nitrogens is 3. The lowest BCUT2D eigenvalue weighted by Crippen LogP contribution is -2.39. The fourth-order valence-electron chi connectivity index (χ4n) is 4.14. The van der Waals surface area contributed by atoms with Gasteiger partial charge < -0.3 is 14.4 Å². The molecule has 0 radical (unpaired) electrons. The van der Waals surface area contributed by atoms with Gasteiger partial charge in [0.05, 0.1) is 10.6 Å². The van der Waals surface area contributed by atoms with Gasteiger partial charge in [0.25, 0.3) is 5.91 Å². The highest BCUT2D eigenvalue weighted by Gasteiger charge is 2.33. The van der Waals surface area contributed by atoms with E-state index in [1.54, 1.807) is 17.0 Å². The summed E-state index contributed by atoms with van der Waals surface area (Å²) in [5.41, 5.74) is -0.0823. The molecule has 1 fully saturated rings. The number of pyridine rings is 1. The van der Waals surface area contributed by atoms with Crippen molar-refractivity contribution in [2.45, 2.75) is 24.9 Å². The number of hydrogen-bond acceptors (Lipinski definition) is 5. The first-order valence-electron chi connectivity index (χ1n) is 10.1. The van der Waals surface area contributed by atoms with Crippen LogP contribution in [-0.2, 0) is 6.18 Å². The molecular formula is C21H18ClF3N4O3. The zero-order valence-corrected chi connectivity index (χ0v) is 17.5. The highest BCUT2D eigenvalue weighted by atomic mass is 35.5. The molecule has 5 rings (SSSR count). The Morgan fingerprint density at radius 3 is 2.78 bits per heavy atom. The Morgan fingerprint density at radius 1 is 1.16 bits per heavy atom. The van der Waals surface area contributed by atoms with E-state index in [1.807, 2.05) is 0 Å². The summed E-state index contributed by atoms with van der Waals surface area (Å²) >= 11 is 6.27. The van der Waals surface area contributed by atoms with E-state index in [9.17, 15) is 18.0 Å². The van der Waals surface area contributed by atoms with Gasteiger partial charge in [0.2, 0.25) is 0 Å². The molecule has 0 bridgehead atoms. The predicted octanol–water partition coefficient (Wildman–Crippen LogP) is 4.19. The van der Waals surface area contributed by atoms with E-state index in [0.717, 1.165) is 12.3 Å². The summed E-state index contributed by atoms with van der Waals surface area (Å²) in [5, 5.41) is 8.42. The van der Waals surface area contributed by atoms with Crippen LogP contribution in [0.3, 0.4) is 0 Å². The average Bonchev–Trinajstić information content (AvgIpc) is 3.21. The number of rotatable bonds is 2. The molecule has 11 heteroatoms. The van der Waals surface area contributed by atoms with E-state index in [2.05, 4.69) is 10.2 Å². The number of ether oxygens (including phenoxy) is 2. The molecule has 1 saturated heterocycles. The van der Waals surface area contributed by atoms with Crippen LogP contribution >= 0.6 is 11.6 Å². The highest BCUT2D eigenvalue weighted by Crippen LogP contribution is 2.39. The smallest absolute Gasteiger partial charge is 0.417 e. The second-order valence-corrected chi connectivity index (χ2v) is 8.18. The molecule has 3 aromatic rings. The van der Waals surface area contributed by atoms with Crippen molar-refractivity contribution < 1.29 is 27.4 Å². The number of hydrogen-bond donors (Lipinski definition) is 0. The fraction of sp³-hybridized carbons (Fsp3) is 0.381. The Bertz CT molecular complexity index is 1200. The first kappa shape index (κ1) is 20.9. The maximum Gasteiger partial charge on any atom is 0.417 e. The van der Waals surface area contributed by atoms with Gasteiger partial charge in [0, 0.05) is 30.8 Å².